The van der Waals surface area contributed by atoms with E-state index in [0.717, 1.165) is 4.47 Å². The number of carbonyl (C=O) groups is 1. The fourth-order valence-corrected chi connectivity index (χ4v) is 1.66. The average molecular weight is 272 g/mol. The summed E-state index contributed by atoms with van der Waals surface area (Å²) in [6, 6.07) is 1.77. The highest BCUT2D eigenvalue weighted by Gasteiger charge is 2.27. The lowest BCUT2D eigenvalue weighted by Gasteiger charge is -2.24. The zero-order valence-corrected chi connectivity index (χ0v) is 9.45. The van der Waals surface area contributed by atoms with Gasteiger partial charge in [-0.05, 0) is 28.5 Å². The summed E-state index contributed by atoms with van der Waals surface area (Å²) in [5.74, 6) is 0.835. The van der Waals surface area contributed by atoms with Crippen LogP contribution in [-0.4, -0.2) is 23.5 Å². The van der Waals surface area contributed by atoms with Gasteiger partial charge in [-0.15, -0.1) is 0 Å². The molecule has 3 N–H and O–H groups in total. The van der Waals surface area contributed by atoms with Gasteiger partial charge in [0.1, 0.15) is 0 Å². The Hall–Kier alpha value is -1.14. The predicted molar refractivity (Wildman–Crippen MR) is 58.7 cm³/mol. The third kappa shape index (κ3) is 2.10. The summed E-state index contributed by atoms with van der Waals surface area (Å²) in [4.78, 5) is 15.5. The maximum absolute atomic E-state index is 11.5. The van der Waals surface area contributed by atoms with E-state index in [1.165, 1.54) is 0 Å². The van der Waals surface area contributed by atoms with Crippen LogP contribution in [0.3, 0.4) is 0 Å². The Bertz CT molecular complexity index is 397. The Morgan fingerprint density at radius 3 is 3.20 bits per heavy atom. The molecule has 0 saturated heterocycles. The van der Waals surface area contributed by atoms with Gasteiger partial charge in [0.25, 0.3) is 5.91 Å². The number of pyridine rings is 1. The van der Waals surface area contributed by atoms with Crippen molar-refractivity contribution in [1.29, 1.82) is 0 Å². The molecule has 0 radical (unpaired) electrons. The molecule has 1 aliphatic heterocycles. The van der Waals surface area contributed by atoms with Crippen molar-refractivity contribution in [3.63, 3.8) is 0 Å². The molecule has 1 aromatic rings. The SMILES string of the molecule is NCCC1Oc2cc(Br)cnc2NC1=O. The number of rotatable bonds is 2. The maximum atomic E-state index is 11.5. The van der Waals surface area contributed by atoms with Crippen molar-refractivity contribution in [3.05, 3.63) is 16.7 Å². The van der Waals surface area contributed by atoms with E-state index in [-0.39, 0.29) is 5.91 Å². The van der Waals surface area contributed by atoms with E-state index in [1.54, 1.807) is 12.3 Å². The zero-order chi connectivity index (χ0) is 10.8. The molecule has 1 unspecified atom stereocenters. The molecule has 1 atom stereocenters. The monoisotopic (exact) mass is 271 g/mol. The van der Waals surface area contributed by atoms with Crippen molar-refractivity contribution >= 4 is 27.7 Å². The third-order valence-electron chi connectivity index (χ3n) is 2.05. The van der Waals surface area contributed by atoms with Gasteiger partial charge in [-0.25, -0.2) is 4.98 Å². The molecular weight excluding hydrogens is 262 g/mol. The molecule has 0 aliphatic carbocycles. The topological polar surface area (TPSA) is 77.2 Å². The minimum Gasteiger partial charge on any atom is -0.477 e. The minimum atomic E-state index is -0.515. The number of halogens is 1. The molecule has 1 amide bonds. The van der Waals surface area contributed by atoms with E-state index in [4.69, 9.17) is 10.5 Å². The molecule has 0 bridgehead atoms. The maximum Gasteiger partial charge on any atom is 0.266 e. The summed E-state index contributed by atoms with van der Waals surface area (Å²) < 4.78 is 6.29. The number of amides is 1. The van der Waals surface area contributed by atoms with Gasteiger partial charge in [-0.3, -0.25) is 4.79 Å². The summed E-state index contributed by atoms with van der Waals surface area (Å²) in [5.41, 5.74) is 5.39. The van der Waals surface area contributed by atoms with Crippen molar-refractivity contribution < 1.29 is 9.53 Å². The van der Waals surface area contributed by atoms with Crippen LogP contribution in [0.4, 0.5) is 5.82 Å². The molecule has 0 saturated carbocycles. The van der Waals surface area contributed by atoms with Gasteiger partial charge in [0.2, 0.25) is 0 Å². The fraction of sp³-hybridized carbons (Fsp3) is 0.333. The van der Waals surface area contributed by atoms with Gasteiger partial charge < -0.3 is 15.8 Å². The van der Waals surface area contributed by atoms with Crippen molar-refractivity contribution in [2.45, 2.75) is 12.5 Å². The lowest BCUT2D eigenvalue weighted by molar-refractivity contribution is -0.123. The second-order valence-electron chi connectivity index (χ2n) is 3.17. The number of hydrogen-bond donors (Lipinski definition) is 2. The first kappa shape index (κ1) is 10.4. The molecule has 6 heteroatoms. The molecule has 0 spiro atoms. The first-order valence-corrected chi connectivity index (χ1v) is 5.33. The van der Waals surface area contributed by atoms with Gasteiger partial charge in [0.15, 0.2) is 17.7 Å². The van der Waals surface area contributed by atoms with Crippen LogP contribution in [0.5, 0.6) is 5.75 Å². The normalized spacial score (nSPS) is 19.1. The first-order chi connectivity index (χ1) is 7.20. The summed E-state index contributed by atoms with van der Waals surface area (Å²) in [5, 5.41) is 2.67. The van der Waals surface area contributed by atoms with Crippen LogP contribution < -0.4 is 15.8 Å². The van der Waals surface area contributed by atoms with Gasteiger partial charge in [-0.2, -0.15) is 0 Å². The largest absolute Gasteiger partial charge is 0.477 e. The number of aromatic nitrogens is 1. The van der Waals surface area contributed by atoms with E-state index in [0.29, 0.717) is 24.5 Å². The fourth-order valence-electron chi connectivity index (χ4n) is 1.35. The quantitative estimate of drug-likeness (QED) is 0.838. The van der Waals surface area contributed by atoms with Crippen LogP contribution in [0.2, 0.25) is 0 Å². The third-order valence-corrected chi connectivity index (χ3v) is 2.49. The van der Waals surface area contributed by atoms with Gasteiger partial charge >= 0.3 is 0 Å². The molecule has 2 heterocycles. The van der Waals surface area contributed by atoms with E-state index >= 15 is 0 Å². The molecule has 1 aromatic heterocycles. The number of nitrogens with zero attached hydrogens (tertiary/aromatic N) is 1. The number of nitrogens with two attached hydrogens (primary N) is 1. The highest BCUT2D eigenvalue weighted by molar-refractivity contribution is 9.10. The Balaban J connectivity index is 2.26. The number of nitrogens with one attached hydrogen (secondary N) is 1. The standard InChI is InChI=1S/C9H10BrN3O2/c10-5-3-7-8(12-4-5)13-9(14)6(15-7)1-2-11/h3-4,6H,1-2,11H2,(H,12,13,14). The number of fused-ring (bicyclic) bond motifs is 1. The number of anilines is 1. The van der Waals surface area contributed by atoms with E-state index < -0.39 is 6.10 Å². The summed E-state index contributed by atoms with van der Waals surface area (Å²) in [6.45, 7) is 0.412. The molecule has 0 aromatic carbocycles. The van der Waals surface area contributed by atoms with Crippen molar-refractivity contribution in [1.82, 2.24) is 4.98 Å². The van der Waals surface area contributed by atoms with Crippen LogP contribution in [0.15, 0.2) is 16.7 Å². The Morgan fingerprint density at radius 1 is 1.67 bits per heavy atom. The van der Waals surface area contributed by atoms with Crippen LogP contribution in [0.1, 0.15) is 6.42 Å². The van der Waals surface area contributed by atoms with Crippen LogP contribution in [0, 0.1) is 0 Å². The van der Waals surface area contributed by atoms with Crippen LogP contribution >= 0.6 is 15.9 Å². The summed E-state index contributed by atoms with van der Waals surface area (Å²) >= 11 is 3.28. The Labute approximate surface area is 95.1 Å². The number of hydrogen-bond acceptors (Lipinski definition) is 4. The van der Waals surface area contributed by atoms with E-state index in [9.17, 15) is 4.79 Å². The Morgan fingerprint density at radius 2 is 2.47 bits per heavy atom. The minimum absolute atomic E-state index is 0.192. The molecule has 2 rings (SSSR count). The molecule has 80 valence electrons. The molecule has 15 heavy (non-hydrogen) atoms. The van der Waals surface area contributed by atoms with Crippen LogP contribution in [0.25, 0.3) is 0 Å². The highest BCUT2D eigenvalue weighted by Crippen LogP contribution is 2.30. The number of ether oxygens (including phenoxy) is 1. The molecule has 5 nitrogen and oxygen atoms in total. The average Bonchev–Trinajstić information content (AvgIpc) is 2.20. The molecule has 0 fully saturated rings. The predicted octanol–water partition coefficient (Wildman–Crippen LogP) is 0.892. The summed E-state index contributed by atoms with van der Waals surface area (Å²) in [7, 11) is 0. The molecule has 1 aliphatic rings. The van der Waals surface area contributed by atoms with Gasteiger partial charge in [0, 0.05) is 17.1 Å². The van der Waals surface area contributed by atoms with E-state index in [1.807, 2.05) is 0 Å². The second-order valence-corrected chi connectivity index (χ2v) is 4.09. The van der Waals surface area contributed by atoms with Crippen molar-refractivity contribution in [2.24, 2.45) is 5.73 Å². The zero-order valence-electron chi connectivity index (χ0n) is 7.87. The lowest BCUT2D eigenvalue weighted by atomic mass is 10.2. The Kier molecular flexibility index (Phi) is 2.88. The van der Waals surface area contributed by atoms with Crippen molar-refractivity contribution in [3.8, 4) is 5.75 Å². The van der Waals surface area contributed by atoms with E-state index in [2.05, 4.69) is 26.2 Å². The summed E-state index contributed by atoms with van der Waals surface area (Å²) in [6.07, 6.45) is 1.59. The number of carbonyl (C=O) groups excluding carboxylic acids is 1. The van der Waals surface area contributed by atoms with Gasteiger partial charge in [0.05, 0.1) is 0 Å². The highest BCUT2D eigenvalue weighted by atomic mass is 79.9. The van der Waals surface area contributed by atoms with Crippen LogP contribution in [-0.2, 0) is 4.79 Å². The van der Waals surface area contributed by atoms with Crippen molar-refractivity contribution in [2.75, 3.05) is 11.9 Å². The smallest absolute Gasteiger partial charge is 0.266 e. The first-order valence-electron chi connectivity index (χ1n) is 4.54. The second kappa shape index (κ2) is 4.16. The van der Waals surface area contributed by atoms with Gasteiger partial charge in [-0.1, -0.05) is 0 Å². The lowest BCUT2D eigenvalue weighted by Crippen LogP contribution is -2.38. The molecular formula is C9H10BrN3O2.